The van der Waals surface area contributed by atoms with Crippen LogP contribution in [0.4, 0.5) is 4.79 Å². The van der Waals surface area contributed by atoms with E-state index < -0.39 is 46.3 Å². The first-order chi connectivity index (χ1) is 10.8. The first kappa shape index (κ1) is 22.1. The van der Waals surface area contributed by atoms with Crippen LogP contribution in [0.2, 0.25) is 0 Å². The minimum atomic E-state index is -3.94. The Morgan fingerprint density at radius 1 is 1.17 bits per heavy atom. The zero-order chi connectivity index (χ0) is 19.0. The molecule has 0 spiro atoms. The molecule has 1 atom stereocenters. The third-order valence-corrected chi connectivity index (χ3v) is 2.86. The molecule has 0 aliphatic carbocycles. The lowest BCUT2D eigenvalue weighted by molar-refractivity contribution is -0.137. The summed E-state index contributed by atoms with van der Waals surface area (Å²) in [5, 5.41) is 13.1. The van der Waals surface area contributed by atoms with Gasteiger partial charge in [-0.3, -0.25) is 13.8 Å². The van der Waals surface area contributed by atoms with Crippen molar-refractivity contribution in [2.24, 2.45) is 0 Å². The van der Waals surface area contributed by atoms with Crippen molar-refractivity contribution < 1.29 is 36.8 Å². The number of amides is 2. The van der Waals surface area contributed by atoms with Crippen LogP contribution in [0.1, 0.15) is 33.6 Å². The van der Waals surface area contributed by atoms with E-state index in [-0.39, 0.29) is 19.4 Å². The summed E-state index contributed by atoms with van der Waals surface area (Å²) in [6.07, 6.45) is -1.52. The highest BCUT2D eigenvalue weighted by Gasteiger charge is 2.25. The van der Waals surface area contributed by atoms with Crippen molar-refractivity contribution in [1.29, 1.82) is 0 Å². The zero-order valence-electron chi connectivity index (χ0n) is 14.1. The Morgan fingerprint density at radius 3 is 2.21 bits per heavy atom. The molecular weight excluding hydrogens is 344 g/mol. The number of hydrogen-bond acceptors (Lipinski definition) is 7. The largest absolute Gasteiger partial charge is 0.481 e. The van der Waals surface area contributed by atoms with Crippen molar-refractivity contribution >= 4 is 28.1 Å². The Hall–Kier alpha value is -1.88. The van der Waals surface area contributed by atoms with Gasteiger partial charge in [0.1, 0.15) is 5.60 Å². The van der Waals surface area contributed by atoms with Crippen molar-refractivity contribution in [2.45, 2.75) is 45.3 Å². The Bertz CT molecular complexity index is 553. The SMILES string of the molecule is CC(C)(C)OC(=O)NCC(OS(C)(=O)=O)C(=O)NCCCC(=O)O. The topological polar surface area (TPSA) is 148 Å². The summed E-state index contributed by atoms with van der Waals surface area (Å²) in [6, 6.07) is 0. The standard InChI is InChI=1S/C13H24N2O8S/c1-13(2,3)22-12(19)15-8-9(23-24(4,20)21)11(18)14-7-5-6-10(16)17/h9H,5-8H2,1-4H3,(H,14,18)(H,15,19)(H,16,17). The number of carboxylic acids is 1. The molecule has 3 N–H and O–H groups in total. The third-order valence-electron chi connectivity index (χ3n) is 2.28. The summed E-state index contributed by atoms with van der Waals surface area (Å²) in [5.41, 5.74) is -0.754. The van der Waals surface area contributed by atoms with E-state index in [0.29, 0.717) is 0 Å². The van der Waals surface area contributed by atoms with Crippen molar-refractivity contribution in [3.63, 3.8) is 0 Å². The predicted octanol–water partition coefficient (Wildman–Crippen LogP) is -0.163. The number of carbonyl (C=O) groups excluding carboxylic acids is 2. The predicted molar refractivity (Wildman–Crippen MR) is 83.8 cm³/mol. The molecule has 0 aromatic carbocycles. The van der Waals surface area contributed by atoms with Gasteiger partial charge in [0.25, 0.3) is 16.0 Å². The van der Waals surface area contributed by atoms with Crippen LogP contribution in [0.15, 0.2) is 0 Å². The molecule has 140 valence electrons. The van der Waals surface area contributed by atoms with E-state index in [4.69, 9.17) is 9.84 Å². The average molecular weight is 368 g/mol. The molecule has 0 aliphatic rings. The van der Waals surface area contributed by atoms with Crippen LogP contribution in [0, 0.1) is 0 Å². The van der Waals surface area contributed by atoms with Gasteiger partial charge in [0, 0.05) is 13.0 Å². The van der Waals surface area contributed by atoms with Crippen molar-refractivity contribution in [3.8, 4) is 0 Å². The maximum atomic E-state index is 11.9. The highest BCUT2D eigenvalue weighted by atomic mass is 32.2. The lowest BCUT2D eigenvalue weighted by atomic mass is 10.2. The van der Waals surface area contributed by atoms with E-state index in [1.54, 1.807) is 20.8 Å². The highest BCUT2D eigenvalue weighted by molar-refractivity contribution is 7.86. The number of carbonyl (C=O) groups is 3. The third kappa shape index (κ3) is 12.6. The lowest BCUT2D eigenvalue weighted by Gasteiger charge is -2.21. The minimum absolute atomic E-state index is 0.0290. The summed E-state index contributed by atoms with van der Waals surface area (Å²) >= 11 is 0. The van der Waals surface area contributed by atoms with Crippen LogP contribution in [-0.4, -0.2) is 62.5 Å². The molecule has 0 aromatic heterocycles. The number of rotatable bonds is 9. The number of carboxylic acid groups (broad SMARTS) is 1. The molecule has 0 heterocycles. The second-order valence-corrected chi connectivity index (χ2v) is 7.56. The Balaban J connectivity index is 4.60. The molecule has 1 unspecified atom stereocenters. The van der Waals surface area contributed by atoms with Gasteiger partial charge in [0.15, 0.2) is 6.10 Å². The van der Waals surface area contributed by atoms with Gasteiger partial charge in [-0.2, -0.15) is 8.42 Å². The van der Waals surface area contributed by atoms with Gasteiger partial charge in [-0.1, -0.05) is 0 Å². The van der Waals surface area contributed by atoms with Crippen LogP contribution in [0.5, 0.6) is 0 Å². The first-order valence-corrected chi connectivity index (χ1v) is 8.96. The van der Waals surface area contributed by atoms with Crippen LogP contribution < -0.4 is 10.6 Å². The average Bonchev–Trinajstić information content (AvgIpc) is 2.35. The molecular formula is C13H24N2O8S. The zero-order valence-corrected chi connectivity index (χ0v) is 14.9. The van der Waals surface area contributed by atoms with Crippen molar-refractivity contribution in [2.75, 3.05) is 19.3 Å². The summed E-state index contributed by atoms with van der Waals surface area (Å²) in [7, 11) is -3.94. The number of alkyl carbamates (subject to hydrolysis) is 1. The van der Waals surface area contributed by atoms with Crippen LogP contribution in [0.25, 0.3) is 0 Å². The molecule has 0 aliphatic heterocycles. The maximum Gasteiger partial charge on any atom is 0.407 e. The minimum Gasteiger partial charge on any atom is -0.481 e. The fourth-order valence-electron chi connectivity index (χ4n) is 1.44. The summed E-state index contributed by atoms with van der Waals surface area (Å²) in [6.45, 7) is 4.54. The molecule has 0 bridgehead atoms. The smallest absolute Gasteiger partial charge is 0.407 e. The number of aliphatic carboxylic acids is 1. The van der Waals surface area contributed by atoms with Gasteiger partial charge < -0.3 is 20.5 Å². The monoisotopic (exact) mass is 368 g/mol. The Morgan fingerprint density at radius 2 is 1.75 bits per heavy atom. The van der Waals surface area contributed by atoms with Gasteiger partial charge in [-0.15, -0.1) is 0 Å². The van der Waals surface area contributed by atoms with E-state index in [1.807, 2.05) is 0 Å². The fraction of sp³-hybridized carbons (Fsp3) is 0.769. The molecule has 0 radical (unpaired) electrons. The molecule has 24 heavy (non-hydrogen) atoms. The number of ether oxygens (including phenoxy) is 1. The van der Waals surface area contributed by atoms with E-state index in [0.717, 1.165) is 6.26 Å². The Kier molecular flexibility index (Phi) is 8.69. The number of hydrogen-bond donors (Lipinski definition) is 3. The number of nitrogens with one attached hydrogen (secondary N) is 2. The lowest BCUT2D eigenvalue weighted by Crippen LogP contribution is -2.46. The quantitative estimate of drug-likeness (QED) is 0.375. The van der Waals surface area contributed by atoms with Gasteiger partial charge in [-0.25, -0.2) is 4.79 Å². The van der Waals surface area contributed by atoms with Gasteiger partial charge in [0.05, 0.1) is 12.8 Å². The van der Waals surface area contributed by atoms with Crippen molar-refractivity contribution in [1.82, 2.24) is 10.6 Å². The highest BCUT2D eigenvalue weighted by Crippen LogP contribution is 2.06. The second-order valence-electron chi connectivity index (χ2n) is 5.96. The molecule has 0 fully saturated rings. The van der Waals surface area contributed by atoms with Crippen molar-refractivity contribution in [3.05, 3.63) is 0 Å². The van der Waals surface area contributed by atoms with E-state index in [9.17, 15) is 22.8 Å². The summed E-state index contributed by atoms with van der Waals surface area (Å²) < 4.78 is 32.0. The second kappa shape index (κ2) is 9.42. The maximum absolute atomic E-state index is 11.9. The summed E-state index contributed by atoms with van der Waals surface area (Å²) in [5.74, 6) is -1.80. The molecule has 0 saturated heterocycles. The van der Waals surface area contributed by atoms with Crippen LogP contribution in [0.3, 0.4) is 0 Å². The van der Waals surface area contributed by atoms with Gasteiger partial charge >= 0.3 is 12.1 Å². The molecule has 2 amide bonds. The van der Waals surface area contributed by atoms with E-state index in [1.165, 1.54) is 0 Å². The molecule has 0 rings (SSSR count). The van der Waals surface area contributed by atoms with Crippen LogP contribution in [-0.2, 0) is 28.6 Å². The first-order valence-electron chi connectivity index (χ1n) is 7.15. The normalized spacial score (nSPS) is 13.0. The summed E-state index contributed by atoms with van der Waals surface area (Å²) in [4.78, 5) is 33.9. The van der Waals surface area contributed by atoms with E-state index >= 15 is 0 Å². The Labute approximate surface area is 141 Å². The van der Waals surface area contributed by atoms with Crippen LogP contribution >= 0.6 is 0 Å². The molecule has 10 nitrogen and oxygen atoms in total. The molecule has 0 aromatic rings. The van der Waals surface area contributed by atoms with Gasteiger partial charge in [0.2, 0.25) is 0 Å². The van der Waals surface area contributed by atoms with E-state index in [2.05, 4.69) is 14.8 Å². The molecule has 0 saturated carbocycles. The van der Waals surface area contributed by atoms with Gasteiger partial charge in [-0.05, 0) is 27.2 Å². The molecule has 11 heteroatoms. The fourth-order valence-corrected chi connectivity index (χ4v) is 2.01.